The second kappa shape index (κ2) is 4.89. The van der Waals surface area contributed by atoms with E-state index < -0.39 is 17.6 Å². The van der Waals surface area contributed by atoms with Crippen molar-refractivity contribution in [3.8, 4) is 0 Å². The number of aromatic nitrogens is 2. The molecule has 8 heteroatoms. The number of halogens is 4. The maximum Gasteiger partial charge on any atom is 0.416 e. The molecule has 1 heterocycles. The maximum absolute atomic E-state index is 13.1. The van der Waals surface area contributed by atoms with Crippen LogP contribution in [0, 0.1) is 5.82 Å². The molecule has 0 aliphatic carbocycles. The summed E-state index contributed by atoms with van der Waals surface area (Å²) in [7, 11) is 0. The first-order valence-electron chi connectivity index (χ1n) is 4.83. The summed E-state index contributed by atoms with van der Waals surface area (Å²) in [6.45, 7) is 0.0741. The fourth-order valence-electron chi connectivity index (χ4n) is 1.35. The smallest absolute Gasteiger partial charge is 0.370 e. The lowest BCUT2D eigenvalue weighted by Gasteiger charge is -2.09. The highest BCUT2D eigenvalue weighted by Crippen LogP contribution is 2.30. The Morgan fingerprint density at radius 2 is 2.00 bits per heavy atom. The number of benzene rings is 1. The van der Waals surface area contributed by atoms with Gasteiger partial charge in [-0.15, -0.1) is 5.10 Å². The van der Waals surface area contributed by atoms with Gasteiger partial charge in [0.25, 0.3) is 0 Å². The van der Waals surface area contributed by atoms with Crippen LogP contribution >= 0.6 is 11.5 Å². The van der Waals surface area contributed by atoms with Gasteiger partial charge in [0.15, 0.2) is 0 Å². The molecular weight excluding hydrogens is 270 g/mol. The summed E-state index contributed by atoms with van der Waals surface area (Å²) >= 11 is 1.07. The van der Waals surface area contributed by atoms with Crippen molar-refractivity contribution in [2.45, 2.75) is 12.7 Å². The van der Waals surface area contributed by atoms with E-state index in [9.17, 15) is 17.6 Å². The molecule has 1 aromatic carbocycles. The first-order chi connectivity index (χ1) is 8.45. The van der Waals surface area contributed by atoms with Crippen molar-refractivity contribution in [2.24, 2.45) is 0 Å². The minimum atomic E-state index is -4.55. The lowest BCUT2D eigenvalue weighted by atomic mass is 10.1. The van der Waals surface area contributed by atoms with Crippen molar-refractivity contribution in [3.63, 3.8) is 0 Å². The molecule has 0 radical (unpaired) electrons. The second-order valence-electron chi connectivity index (χ2n) is 3.48. The monoisotopic (exact) mass is 277 g/mol. The SMILES string of the molecule is Fc1cc(CNc2cnns2)cc(C(F)(F)F)c1. The van der Waals surface area contributed by atoms with Crippen molar-refractivity contribution < 1.29 is 17.6 Å². The fourth-order valence-corrected chi connectivity index (χ4v) is 1.76. The molecule has 0 unspecified atom stereocenters. The van der Waals surface area contributed by atoms with Crippen molar-refractivity contribution in [3.05, 3.63) is 41.3 Å². The summed E-state index contributed by atoms with van der Waals surface area (Å²) in [5.74, 6) is -0.913. The van der Waals surface area contributed by atoms with Crippen LogP contribution in [0.15, 0.2) is 24.4 Å². The van der Waals surface area contributed by atoms with E-state index in [0.717, 1.165) is 23.7 Å². The third-order valence-electron chi connectivity index (χ3n) is 2.11. The molecule has 2 aromatic rings. The Morgan fingerprint density at radius 1 is 1.22 bits per heavy atom. The highest BCUT2D eigenvalue weighted by Gasteiger charge is 2.31. The summed E-state index contributed by atoms with van der Waals surface area (Å²) in [4.78, 5) is 0. The van der Waals surface area contributed by atoms with E-state index in [2.05, 4.69) is 14.9 Å². The lowest BCUT2D eigenvalue weighted by molar-refractivity contribution is -0.137. The first kappa shape index (κ1) is 12.7. The van der Waals surface area contributed by atoms with Crippen molar-refractivity contribution in [1.29, 1.82) is 0 Å². The van der Waals surface area contributed by atoms with Gasteiger partial charge < -0.3 is 5.32 Å². The van der Waals surface area contributed by atoms with Crippen LogP contribution in [-0.2, 0) is 12.7 Å². The van der Waals surface area contributed by atoms with Gasteiger partial charge in [-0.2, -0.15) is 13.2 Å². The average molecular weight is 277 g/mol. The Morgan fingerprint density at radius 3 is 2.61 bits per heavy atom. The third-order valence-corrected chi connectivity index (χ3v) is 2.74. The third kappa shape index (κ3) is 3.16. The van der Waals surface area contributed by atoms with E-state index in [0.29, 0.717) is 11.1 Å². The molecule has 1 aromatic heterocycles. The minimum absolute atomic E-state index is 0.0741. The number of anilines is 1. The zero-order valence-corrected chi connectivity index (χ0v) is 9.65. The van der Waals surface area contributed by atoms with Gasteiger partial charge in [-0.05, 0) is 23.8 Å². The molecule has 0 fully saturated rings. The standard InChI is InChI=1S/C10H7F4N3S/c11-8-2-6(1-7(3-8)10(12,13)14)4-15-9-5-16-17-18-9/h1-3,5,15H,4H2. The highest BCUT2D eigenvalue weighted by atomic mass is 32.1. The first-order valence-corrected chi connectivity index (χ1v) is 5.60. The number of nitrogens with zero attached hydrogens (tertiary/aromatic N) is 2. The summed E-state index contributed by atoms with van der Waals surface area (Å²) in [6.07, 6.45) is -3.11. The predicted molar refractivity (Wildman–Crippen MR) is 58.6 cm³/mol. The van der Waals surface area contributed by atoms with E-state index in [-0.39, 0.29) is 12.1 Å². The fraction of sp³-hybridized carbons (Fsp3) is 0.200. The number of hydrogen-bond donors (Lipinski definition) is 1. The van der Waals surface area contributed by atoms with Crippen molar-refractivity contribution in [1.82, 2.24) is 9.59 Å². The molecule has 0 saturated carbocycles. The quantitative estimate of drug-likeness (QED) is 0.875. The molecule has 2 rings (SSSR count). The van der Waals surface area contributed by atoms with Gasteiger partial charge in [0, 0.05) is 18.1 Å². The van der Waals surface area contributed by atoms with Gasteiger partial charge in [-0.3, -0.25) is 0 Å². The largest absolute Gasteiger partial charge is 0.416 e. The van der Waals surface area contributed by atoms with Crippen LogP contribution in [0.2, 0.25) is 0 Å². The summed E-state index contributed by atoms with van der Waals surface area (Å²) in [6, 6.07) is 2.43. The molecule has 0 aliphatic rings. The van der Waals surface area contributed by atoms with Crippen LogP contribution in [-0.4, -0.2) is 9.59 Å². The van der Waals surface area contributed by atoms with Gasteiger partial charge in [-0.25, -0.2) is 4.39 Å². The second-order valence-corrected chi connectivity index (χ2v) is 4.27. The van der Waals surface area contributed by atoms with E-state index in [1.165, 1.54) is 6.20 Å². The topological polar surface area (TPSA) is 37.8 Å². The van der Waals surface area contributed by atoms with Gasteiger partial charge in [0.2, 0.25) is 0 Å². The Balaban J connectivity index is 2.15. The van der Waals surface area contributed by atoms with Crippen LogP contribution in [0.1, 0.15) is 11.1 Å². The molecule has 0 saturated heterocycles. The van der Waals surface area contributed by atoms with E-state index in [1.807, 2.05) is 0 Å². The molecular formula is C10H7F4N3S. The maximum atomic E-state index is 13.1. The van der Waals surface area contributed by atoms with Crippen LogP contribution in [0.4, 0.5) is 22.6 Å². The Labute approximate surface area is 104 Å². The molecule has 18 heavy (non-hydrogen) atoms. The zero-order valence-electron chi connectivity index (χ0n) is 8.83. The average Bonchev–Trinajstić information content (AvgIpc) is 2.77. The minimum Gasteiger partial charge on any atom is -0.370 e. The number of alkyl halides is 3. The Hall–Kier alpha value is -1.70. The normalized spacial score (nSPS) is 11.6. The van der Waals surface area contributed by atoms with Crippen LogP contribution < -0.4 is 5.32 Å². The molecule has 1 N–H and O–H groups in total. The van der Waals surface area contributed by atoms with Gasteiger partial charge >= 0.3 is 6.18 Å². The van der Waals surface area contributed by atoms with Crippen LogP contribution in [0.25, 0.3) is 0 Å². The van der Waals surface area contributed by atoms with E-state index in [4.69, 9.17) is 0 Å². The summed E-state index contributed by atoms with van der Waals surface area (Å²) in [5, 5.41) is 6.97. The predicted octanol–water partition coefficient (Wildman–Crippen LogP) is 3.31. The molecule has 0 bridgehead atoms. The van der Waals surface area contributed by atoms with Crippen LogP contribution in [0.3, 0.4) is 0 Å². The lowest BCUT2D eigenvalue weighted by Crippen LogP contribution is -2.07. The van der Waals surface area contributed by atoms with Crippen molar-refractivity contribution >= 4 is 16.5 Å². The Kier molecular flexibility index (Phi) is 3.46. The highest BCUT2D eigenvalue weighted by molar-refractivity contribution is 7.09. The molecule has 0 spiro atoms. The van der Waals surface area contributed by atoms with Gasteiger partial charge in [0.05, 0.1) is 11.8 Å². The van der Waals surface area contributed by atoms with Gasteiger partial charge in [0.1, 0.15) is 10.8 Å². The van der Waals surface area contributed by atoms with Gasteiger partial charge in [-0.1, -0.05) is 4.49 Å². The number of rotatable bonds is 3. The summed E-state index contributed by atoms with van der Waals surface area (Å²) in [5.41, 5.74) is -0.794. The number of nitrogens with one attached hydrogen (secondary N) is 1. The summed E-state index contributed by atoms with van der Waals surface area (Å²) < 4.78 is 54.0. The zero-order chi connectivity index (χ0) is 13.2. The molecule has 0 aliphatic heterocycles. The molecule has 96 valence electrons. The Bertz CT molecular complexity index is 524. The van der Waals surface area contributed by atoms with Crippen LogP contribution in [0.5, 0.6) is 0 Å². The van der Waals surface area contributed by atoms with E-state index in [1.54, 1.807) is 0 Å². The van der Waals surface area contributed by atoms with E-state index >= 15 is 0 Å². The van der Waals surface area contributed by atoms with Crippen molar-refractivity contribution in [2.75, 3.05) is 5.32 Å². The molecule has 3 nitrogen and oxygen atoms in total. The number of hydrogen-bond acceptors (Lipinski definition) is 4. The molecule has 0 atom stereocenters. The molecule has 0 amide bonds.